The average Bonchev–Trinajstić information content (AvgIpc) is 3.31. The number of hydrogen-bond acceptors (Lipinski definition) is 6. The van der Waals surface area contributed by atoms with Crippen LogP contribution >= 0.6 is 0 Å². The molecule has 0 radical (unpaired) electrons. The molecule has 4 rings (SSSR count). The van der Waals surface area contributed by atoms with Crippen molar-refractivity contribution < 1.29 is 17.9 Å². The zero-order chi connectivity index (χ0) is 19.9. The molecule has 28 heavy (non-hydrogen) atoms. The first-order valence-corrected chi connectivity index (χ1v) is 8.10. The zero-order valence-electron chi connectivity index (χ0n) is 14.6. The third-order valence-electron chi connectivity index (χ3n) is 4.14. The predicted octanol–water partition coefficient (Wildman–Crippen LogP) is 2.67. The van der Waals surface area contributed by atoms with E-state index in [2.05, 4.69) is 20.2 Å². The molecule has 3 heterocycles. The number of nitrogens with two attached hydrogens (primary N) is 1. The van der Waals surface area contributed by atoms with Gasteiger partial charge in [0.2, 0.25) is 5.95 Å². The molecule has 0 saturated carbocycles. The molecule has 1 aromatic carbocycles. The summed E-state index contributed by atoms with van der Waals surface area (Å²) in [5.41, 5.74) is 5.72. The minimum Gasteiger partial charge on any atom is -0.496 e. The van der Waals surface area contributed by atoms with Crippen molar-refractivity contribution in [3.63, 3.8) is 0 Å². The summed E-state index contributed by atoms with van der Waals surface area (Å²) in [6.07, 6.45) is 0.329. The minimum atomic E-state index is -4.47. The maximum atomic E-state index is 13.1. The van der Waals surface area contributed by atoms with Gasteiger partial charge in [0.15, 0.2) is 11.5 Å². The number of rotatable bonds is 4. The number of benzene rings is 1. The molecule has 3 aromatic heterocycles. The summed E-state index contributed by atoms with van der Waals surface area (Å²) in [7, 11) is 1.39. The number of nitrogens with zero attached hydrogens (tertiary/aromatic N) is 6. The Labute approximate surface area is 156 Å². The molecule has 0 saturated heterocycles. The van der Waals surface area contributed by atoms with Crippen molar-refractivity contribution in [2.24, 2.45) is 0 Å². The van der Waals surface area contributed by atoms with Gasteiger partial charge in [0, 0.05) is 18.0 Å². The van der Waals surface area contributed by atoms with Crippen molar-refractivity contribution in [2.75, 3.05) is 12.8 Å². The van der Waals surface area contributed by atoms with Crippen LogP contribution in [0.3, 0.4) is 0 Å². The highest BCUT2D eigenvalue weighted by atomic mass is 19.4. The Balaban J connectivity index is 1.81. The monoisotopic (exact) mass is 389 g/mol. The van der Waals surface area contributed by atoms with Gasteiger partial charge in [-0.1, -0.05) is 0 Å². The highest BCUT2D eigenvalue weighted by Gasteiger charge is 2.31. The van der Waals surface area contributed by atoms with Crippen molar-refractivity contribution in [1.82, 2.24) is 29.5 Å². The van der Waals surface area contributed by atoms with Crippen molar-refractivity contribution in [1.29, 1.82) is 0 Å². The normalized spacial score (nSPS) is 11.9. The van der Waals surface area contributed by atoms with Crippen molar-refractivity contribution in [2.45, 2.75) is 12.7 Å². The highest BCUT2D eigenvalue weighted by Crippen LogP contribution is 2.33. The average molecular weight is 389 g/mol. The molecule has 0 fully saturated rings. The number of halogens is 3. The number of nitrogen functional groups attached to an aromatic ring is 1. The highest BCUT2D eigenvalue weighted by molar-refractivity contribution is 5.83. The van der Waals surface area contributed by atoms with Gasteiger partial charge in [-0.3, -0.25) is 0 Å². The topological polar surface area (TPSA) is 96.7 Å². The summed E-state index contributed by atoms with van der Waals surface area (Å²) in [5, 5.41) is 8.94. The van der Waals surface area contributed by atoms with E-state index in [1.54, 1.807) is 18.5 Å². The molecule has 4 aromatic rings. The predicted molar refractivity (Wildman–Crippen MR) is 94.0 cm³/mol. The first kappa shape index (κ1) is 17.8. The Hall–Kier alpha value is -3.63. The van der Waals surface area contributed by atoms with E-state index in [9.17, 15) is 13.2 Å². The second kappa shape index (κ2) is 6.51. The van der Waals surface area contributed by atoms with Crippen LogP contribution in [0.15, 0.2) is 42.9 Å². The molecule has 0 unspecified atom stereocenters. The Morgan fingerprint density at radius 2 is 2.00 bits per heavy atom. The number of alkyl halides is 3. The van der Waals surface area contributed by atoms with E-state index in [1.165, 1.54) is 28.7 Å². The van der Waals surface area contributed by atoms with Crippen LogP contribution in [-0.4, -0.2) is 36.6 Å². The molecule has 0 bridgehead atoms. The Morgan fingerprint density at radius 1 is 1.18 bits per heavy atom. The van der Waals surface area contributed by atoms with Gasteiger partial charge in [0.1, 0.15) is 5.75 Å². The summed E-state index contributed by atoms with van der Waals surface area (Å²) < 4.78 is 47.4. The molecular weight excluding hydrogens is 375 g/mol. The third kappa shape index (κ3) is 3.10. The number of aromatic nitrogens is 6. The van der Waals surface area contributed by atoms with E-state index >= 15 is 0 Å². The van der Waals surface area contributed by atoms with Crippen LogP contribution in [0.5, 0.6) is 5.75 Å². The smallest absolute Gasteiger partial charge is 0.416 e. The quantitative estimate of drug-likeness (QED) is 0.576. The number of fused-ring (bicyclic) bond motifs is 1. The molecule has 0 atom stereocenters. The molecule has 0 amide bonds. The van der Waals surface area contributed by atoms with Crippen LogP contribution in [0, 0.1) is 0 Å². The van der Waals surface area contributed by atoms with Gasteiger partial charge in [0.25, 0.3) is 0 Å². The molecule has 0 aliphatic heterocycles. The fourth-order valence-electron chi connectivity index (χ4n) is 2.88. The molecular formula is C17H14F3N7O. The lowest BCUT2D eigenvalue weighted by molar-refractivity contribution is -0.137. The molecule has 0 aliphatic carbocycles. The van der Waals surface area contributed by atoms with Gasteiger partial charge >= 0.3 is 6.18 Å². The molecule has 0 spiro atoms. The third-order valence-corrected chi connectivity index (χ3v) is 4.14. The molecule has 144 valence electrons. The first-order chi connectivity index (χ1) is 13.4. The van der Waals surface area contributed by atoms with E-state index < -0.39 is 11.7 Å². The summed E-state index contributed by atoms with van der Waals surface area (Å²) in [6.45, 7) is 0.00555. The standard InChI is InChI=1S/C17H14F3N7O/c1-28-13-4-3-11(17(18,19)20)7-10(13)9-27-15-12(8-23-27)14(24-16(21)25-15)26-6-2-5-22-26/h2-8H,9H2,1H3,(H2,21,24,25). The van der Waals surface area contributed by atoms with Crippen molar-refractivity contribution >= 4 is 17.0 Å². The number of ether oxygens (including phenoxy) is 1. The van der Waals surface area contributed by atoms with Crippen LogP contribution < -0.4 is 10.5 Å². The minimum absolute atomic E-state index is 0.00393. The first-order valence-electron chi connectivity index (χ1n) is 8.10. The molecule has 11 heteroatoms. The maximum absolute atomic E-state index is 13.1. The number of hydrogen-bond donors (Lipinski definition) is 1. The van der Waals surface area contributed by atoms with Crippen LogP contribution in [0.1, 0.15) is 11.1 Å². The van der Waals surface area contributed by atoms with E-state index in [4.69, 9.17) is 10.5 Å². The van der Waals surface area contributed by atoms with Crippen molar-refractivity contribution in [3.05, 3.63) is 54.0 Å². The van der Waals surface area contributed by atoms with Gasteiger partial charge in [0.05, 0.1) is 30.8 Å². The Morgan fingerprint density at radius 3 is 2.68 bits per heavy atom. The fraction of sp³-hybridized carbons (Fsp3) is 0.176. The van der Waals surface area contributed by atoms with Crippen LogP contribution in [0.2, 0.25) is 0 Å². The van der Waals surface area contributed by atoms with Gasteiger partial charge in [-0.2, -0.15) is 33.3 Å². The lowest BCUT2D eigenvalue weighted by Crippen LogP contribution is -2.10. The lowest BCUT2D eigenvalue weighted by atomic mass is 10.1. The number of anilines is 1. The van der Waals surface area contributed by atoms with Crippen LogP contribution in [0.4, 0.5) is 19.1 Å². The summed E-state index contributed by atoms with van der Waals surface area (Å²) in [6, 6.07) is 5.01. The van der Waals surface area contributed by atoms with Gasteiger partial charge in [-0.05, 0) is 24.3 Å². The summed E-state index contributed by atoms with van der Waals surface area (Å²) in [4.78, 5) is 8.38. The second-order valence-electron chi connectivity index (χ2n) is 5.92. The maximum Gasteiger partial charge on any atom is 0.416 e. The van der Waals surface area contributed by atoms with E-state index in [1.807, 2.05) is 0 Å². The van der Waals surface area contributed by atoms with Gasteiger partial charge in [-0.25, -0.2) is 9.36 Å². The molecule has 0 aliphatic rings. The van der Waals surface area contributed by atoms with Gasteiger partial charge in [-0.15, -0.1) is 0 Å². The SMILES string of the molecule is COc1ccc(C(F)(F)F)cc1Cn1ncc2c(-n3cccn3)nc(N)nc21. The Kier molecular flexibility index (Phi) is 4.13. The number of methoxy groups -OCH3 is 1. The van der Waals surface area contributed by atoms with Gasteiger partial charge < -0.3 is 10.5 Å². The van der Waals surface area contributed by atoms with E-state index in [-0.39, 0.29) is 12.5 Å². The van der Waals surface area contributed by atoms with E-state index in [0.717, 1.165) is 12.1 Å². The summed E-state index contributed by atoms with van der Waals surface area (Å²) >= 11 is 0. The van der Waals surface area contributed by atoms with Crippen molar-refractivity contribution in [3.8, 4) is 11.6 Å². The largest absolute Gasteiger partial charge is 0.496 e. The Bertz CT molecular complexity index is 1140. The van der Waals surface area contributed by atoms with Crippen LogP contribution in [0.25, 0.3) is 16.9 Å². The molecule has 8 nitrogen and oxygen atoms in total. The second-order valence-corrected chi connectivity index (χ2v) is 5.92. The fourth-order valence-corrected chi connectivity index (χ4v) is 2.88. The molecule has 2 N–H and O–H groups in total. The van der Waals surface area contributed by atoms with E-state index in [0.29, 0.717) is 28.2 Å². The lowest BCUT2D eigenvalue weighted by Gasteiger charge is -2.13. The van der Waals surface area contributed by atoms with Crippen LogP contribution in [-0.2, 0) is 12.7 Å². The summed E-state index contributed by atoms with van der Waals surface area (Å²) in [5.74, 6) is 0.733. The zero-order valence-corrected chi connectivity index (χ0v) is 14.6.